The van der Waals surface area contributed by atoms with E-state index in [0.717, 1.165) is 23.2 Å². The predicted molar refractivity (Wildman–Crippen MR) is 95.6 cm³/mol. The number of hydrogen-bond acceptors (Lipinski definition) is 3. The average Bonchev–Trinajstić information content (AvgIpc) is 3.19. The first-order chi connectivity index (χ1) is 12.1. The van der Waals surface area contributed by atoms with Crippen molar-refractivity contribution in [1.29, 1.82) is 0 Å². The van der Waals surface area contributed by atoms with Crippen LogP contribution >= 0.6 is 0 Å². The summed E-state index contributed by atoms with van der Waals surface area (Å²) in [6.07, 6.45) is 6.79. The number of carbonyl (C=O) groups is 2. The Kier molecular flexibility index (Phi) is 4.76. The van der Waals surface area contributed by atoms with Crippen LogP contribution in [0, 0.1) is 12.3 Å². The highest BCUT2D eigenvalue weighted by molar-refractivity contribution is 6.09. The summed E-state index contributed by atoms with van der Waals surface area (Å²) >= 11 is 0. The Labute approximate surface area is 147 Å². The first-order valence-corrected chi connectivity index (χ1v) is 8.61. The van der Waals surface area contributed by atoms with E-state index >= 15 is 0 Å². The lowest BCUT2D eigenvalue weighted by molar-refractivity contribution is -0.144. The molecule has 0 N–H and O–H groups in total. The number of aromatic nitrogens is 1. The maximum atomic E-state index is 13.1. The molecular weight excluding hydrogens is 314 g/mol. The van der Waals surface area contributed by atoms with Gasteiger partial charge in [0.05, 0.1) is 18.2 Å². The molecule has 1 aliphatic rings. The number of benzene rings is 1. The zero-order valence-corrected chi connectivity index (χ0v) is 14.5. The molecule has 0 radical (unpaired) electrons. The molecular formula is C21H21NO3. The average molecular weight is 335 g/mol. The van der Waals surface area contributed by atoms with Crippen molar-refractivity contribution >= 4 is 11.8 Å². The van der Waals surface area contributed by atoms with E-state index in [1.165, 1.54) is 0 Å². The van der Waals surface area contributed by atoms with Gasteiger partial charge in [-0.3, -0.25) is 9.59 Å². The molecule has 0 amide bonds. The first kappa shape index (κ1) is 17.0. The zero-order valence-electron chi connectivity index (χ0n) is 14.5. The minimum Gasteiger partial charge on any atom is -0.465 e. The number of esters is 1. The number of hydrogen-bond donors (Lipinski definition) is 0. The van der Waals surface area contributed by atoms with Gasteiger partial charge in [0.15, 0.2) is 0 Å². The molecule has 0 spiro atoms. The molecule has 3 rings (SSSR count). The van der Waals surface area contributed by atoms with Gasteiger partial charge in [-0.05, 0) is 55.7 Å². The molecule has 4 heteroatoms. The fourth-order valence-electron chi connectivity index (χ4n) is 3.44. The van der Waals surface area contributed by atoms with Gasteiger partial charge in [-0.25, -0.2) is 0 Å². The van der Waals surface area contributed by atoms with Crippen molar-refractivity contribution < 1.29 is 14.3 Å². The van der Waals surface area contributed by atoms with Gasteiger partial charge in [0.2, 0.25) is 5.78 Å². The molecule has 1 atom stereocenters. The van der Waals surface area contributed by atoms with Crippen LogP contribution in [0.2, 0.25) is 0 Å². The largest absolute Gasteiger partial charge is 0.465 e. The number of ketones is 1. The first-order valence-electron chi connectivity index (χ1n) is 8.61. The summed E-state index contributed by atoms with van der Waals surface area (Å²) in [6, 6.07) is 9.04. The normalized spacial score (nSPS) is 15.5. The van der Waals surface area contributed by atoms with Crippen molar-refractivity contribution in [2.45, 2.75) is 39.2 Å². The highest BCUT2D eigenvalue weighted by atomic mass is 16.5. The lowest BCUT2D eigenvalue weighted by atomic mass is 10.0. The molecule has 0 saturated heterocycles. The Hall–Kier alpha value is -2.80. The molecule has 0 fully saturated rings. The van der Waals surface area contributed by atoms with Crippen LogP contribution in [0.1, 0.15) is 59.1 Å². The van der Waals surface area contributed by atoms with Crippen LogP contribution in [0.25, 0.3) is 0 Å². The molecule has 1 aliphatic heterocycles. The summed E-state index contributed by atoms with van der Waals surface area (Å²) in [5, 5.41) is 0. The number of fused-ring (bicyclic) bond motifs is 1. The van der Waals surface area contributed by atoms with Crippen LogP contribution < -0.4 is 0 Å². The predicted octanol–water partition coefficient (Wildman–Crippen LogP) is 3.31. The van der Waals surface area contributed by atoms with E-state index < -0.39 is 0 Å². The Bertz CT molecular complexity index is 853. The van der Waals surface area contributed by atoms with E-state index in [-0.39, 0.29) is 17.7 Å². The van der Waals surface area contributed by atoms with Gasteiger partial charge in [-0.1, -0.05) is 12.8 Å². The summed E-state index contributed by atoms with van der Waals surface area (Å²) in [7, 11) is 0. The fourth-order valence-corrected chi connectivity index (χ4v) is 3.44. The molecule has 0 aliphatic carbocycles. The molecule has 25 heavy (non-hydrogen) atoms. The Morgan fingerprint density at radius 2 is 2.00 bits per heavy atom. The van der Waals surface area contributed by atoms with Crippen molar-refractivity contribution in [2.24, 2.45) is 0 Å². The maximum Gasteiger partial charge on any atom is 0.315 e. The summed E-state index contributed by atoms with van der Waals surface area (Å²) in [5.41, 5.74) is 3.89. The Balaban J connectivity index is 1.99. The van der Waals surface area contributed by atoms with Gasteiger partial charge in [-0.15, -0.1) is 6.42 Å². The standard InChI is InChI=1S/C21H21NO3/c1-4-14-7-9-16(10-8-14)20(23)19-15(5-2)13-18-17(11-12-22(18)19)21(24)25-6-3/h1,7-10,13,17H,5-6,11-12H2,2-3H3. The fraction of sp³-hybridized carbons (Fsp3) is 0.333. The Morgan fingerprint density at radius 3 is 2.60 bits per heavy atom. The molecule has 1 unspecified atom stereocenters. The van der Waals surface area contributed by atoms with E-state index in [4.69, 9.17) is 11.2 Å². The van der Waals surface area contributed by atoms with Crippen molar-refractivity contribution in [3.8, 4) is 12.3 Å². The molecule has 2 heterocycles. The van der Waals surface area contributed by atoms with Crippen molar-refractivity contribution in [2.75, 3.05) is 6.61 Å². The summed E-state index contributed by atoms with van der Waals surface area (Å²) < 4.78 is 7.16. The van der Waals surface area contributed by atoms with Crippen molar-refractivity contribution in [1.82, 2.24) is 4.57 Å². The van der Waals surface area contributed by atoms with Crippen LogP contribution in [-0.2, 0) is 22.5 Å². The number of rotatable bonds is 5. The molecule has 1 aromatic carbocycles. The van der Waals surface area contributed by atoms with Crippen molar-refractivity contribution in [3.63, 3.8) is 0 Å². The van der Waals surface area contributed by atoms with Gasteiger partial charge in [-0.2, -0.15) is 0 Å². The number of carbonyl (C=O) groups excluding carboxylic acids is 2. The number of terminal acetylenes is 1. The van der Waals surface area contributed by atoms with Gasteiger partial charge in [0.25, 0.3) is 0 Å². The lowest BCUT2D eigenvalue weighted by Gasteiger charge is -2.08. The second-order valence-corrected chi connectivity index (χ2v) is 6.09. The van der Waals surface area contributed by atoms with Crippen LogP contribution in [0.15, 0.2) is 30.3 Å². The van der Waals surface area contributed by atoms with Crippen LogP contribution in [-0.4, -0.2) is 22.9 Å². The third-order valence-electron chi connectivity index (χ3n) is 4.69. The minimum atomic E-state index is -0.282. The molecule has 2 aromatic rings. The molecule has 4 nitrogen and oxygen atoms in total. The zero-order chi connectivity index (χ0) is 18.0. The highest BCUT2D eigenvalue weighted by Crippen LogP contribution is 2.35. The van der Waals surface area contributed by atoms with E-state index in [1.54, 1.807) is 31.2 Å². The number of ether oxygens (including phenoxy) is 1. The summed E-state index contributed by atoms with van der Waals surface area (Å²) in [4.78, 5) is 25.2. The molecule has 128 valence electrons. The maximum absolute atomic E-state index is 13.1. The Morgan fingerprint density at radius 1 is 1.28 bits per heavy atom. The SMILES string of the molecule is C#Cc1ccc(C(=O)c2c(CC)cc3n2CCC3C(=O)OCC)cc1. The summed E-state index contributed by atoms with van der Waals surface area (Å²) in [6.45, 7) is 4.84. The van der Waals surface area contributed by atoms with Crippen molar-refractivity contribution in [3.05, 3.63) is 58.4 Å². The van der Waals surface area contributed by atoms with Gasteiger partial charge >= 0.3 is 5.97 Å². The van der Waals surface area contributed by atoms with E-state index in [0.29, 0.717) is 30.8 Å². The third-order valence-corrected chi connectivity index (χ3v) is 4.69. The van der Waals surface area contributed by atoms with Gasteiger partial charge in [0, 0.05) is 23.4 Å². The quantitative estimate of drug-likeness (QED) is 0.478. The molecule has 1 aromatic heterocycles. The third kappa shape index (κ3) is 2.98. The van der Waals surface area contributed by atoms with E-state index in [9.17, 15) is 9.59 Å². The molecule has 0 saturated carbocycles. The lowest BCUT2D eigenvalue weighted by Crippen LogP contribution is -2.13. The van der Waals surface area contributed by atoms with Crippen LogP contribution in [0.4, 0.5) is 0 Å². The topological polar surface area (TPSA) is 48.3 Å². The molecule has 0 bridgehead atoms. The van der Waals surface area contributed by atoms with E-state index in [1.807, 2.05) is 17.6 Å². The highest BCUT2D eigenvalue weighted by Gasteiger charge is 2.34. The van der Waals surface area contributed by atoms with Gasteiger partial charge in [0.1, 0.15) is 0 Å². The second kappa shape index (κ2) is 6.98. The smallest absolute Gasteiger partial charge is 0.315 e. The number of aryl methyl sites for hydroxylation is 1. The van der Waals surface area contributed by atoms with Crippen LogP contribution in [0.5, 0.6) is 0 Å². The van der Waals surface area contributed by atoms with Gasteiger partial charge < -0.3 is 9.30 Å². The summed E-state index contributed by atoms with van der Waals surface area (Å²) in [5.74, 6) is 2.03. The second-order valence-electron chi connectivity index (χ2n) is 6.09. The van der Waals surface area contributed by atoms with Crippen LogP contribution in [0.3, 0.4) is 0 Å². The number of nitrogens with zero attached hydrogens (tertiary/aromatic N) is 1. The minimum absolute atomic E-state index is 0.0313. The van der Waals surface area contributed by atoms with E-state index in [2.05, 4.69) is 5.92 Å². The monoisotopic (exact) mass is 335 g/mol.